The summed E-state index contributed by atoms with van der Waals surface area (Å²) in [5.41, 5.74) is 8.41. The van der Waals surface area contributed by atoms with Crippen LogP contribution in [0, 0.1) is 0 Å². The van der Waals surface area contributed by atoms with Gasteiger partial charge in [-0.1, -0.05) is 41.9 Å². The van der Waals surface area contributed by atoms with E-state index >= 15 is 0 Å². The molecule has 152 valence electrons. The first-order chi connectivity index (χ1) is 14.6. The first kappa shape index (κ1) is 19.0. The van der Waals surface area contributed by atoms with Gasteiger partial charge in [0.1, 0.15) is 12.4 Å². The lowest BCUT2D eigenvalue weighted by atomic mass is 10.0. The Kier molecular flexibility index (Phi) is 4.89. The van der Waals surface area contributed by atoms with Crippen molar-refractivity contribution in [1.82, 2.24) is 19.9 Å². The Balaban J connectivity index is 1.54. The summed E-state index contributed by atoms with van der Waals surface area (Å²) in [4.78, 5) is 15.9. The number of likely N-dealkylation sites (tertiary alicyclic amines) is 1. The highest BCUT2D eigenvalue weighted by molar-refractivity contribution is 6.36. The first-order valence-corrected chi connectivity index (χ1v) is 10.4. The number of nitrogens with zero attached hydrogens (tertiary/aromatic N) is 4. The maximum absolute atomic E-state index is 6.50. The van der Waals surface area contributed by atoms with Crippen molar-refractivity contribution in [2.24, 2.45) is 0 Å². The average molecular weight is 420 g/mol. The van der Waals surface area contributed by atoms with Crippen LogP contribution in [0.3, 0.4) is 0 Å². The van der Waals surface area contributed by atoms with Crippen molar-refractivity contribution < 1.29 is 4.74 Å². The number of pyridine rings is 1. The van der Waals surface area contributed by atoms with Gasteiger partial charge in [-0.05, 0) is 50.0 Å². The Morgan fingerprint density at radius 2 is 1.93 bits per heavy atom. The third-order valence-electron chi connectivity index (χ3n) is 5.77. The molecule has 0 bridgehead atoms. The molecule has 0 amide bonds. The number of nitrogens with two attached hydrogens (primary N) is 1. The standard InChI is InChI=1S/C23H22ClN5O/c1-29-12-4-7-15(29)13-30-23-27-21(25)17-10-11-19(26-22(17)28-23)16-8-2-5-14-6-3-9-18(24)20(14)16/h2-3,5-6,8-11,15H,4,7,12-13H2,1H3,(H2,25,26,27,28)/t15-/m0/s1. The van der Waals surface area contributed by atoms with Gasteiger partial charge in [0, 0.05) is 22.0 Å². The fraction of sp³-hybridized carbons (Fsp3) is 0.261. The third-order valence-corrected chi connectivity index (χ3v) is 6.09. The Hall–Kier alpha value is -2.96. The number of ether oxygens (including phenoxy) is 1. The van der Waals surface area contributed by atoms with Gasteiger partial charge in [0.15, 0.2) is 5.65 Å². The fourth-order valence-electron chi connectivity index (χ4n) is 4.10. The number of anilines is 1. The van der Waals surface area contributed by atoms with E-state index in [0.29, 0.717) is 34.5 Å². The molecule has 4 aromatic rings. The third kappa shape index (κ3) is 3.42. The van der Waals surface area contributed by atoms with E-state index in [1.807, 2.05) is 48.5 Å². The van der Waals surface area contributed by atoms with Crippen LogP contribution in [0.4, 0.5) is 5.82 Å². The molecule has 1 atom stereocenters. The molecule has 3 heterocycles. The van der Waals surface area contributed by atoms with Crippen molar-refractivity contribution in [3.8, 4) is 17.3 Å². The first-order valence-electron chi connectivity index (χ1n) is 10.0. The van der Waals surface area contributed by atoms with Crippen LogP contribution in [0.2, 0.25) is 5.02 Å². The van der Waals surface area contributed by atoms with E-state index in [1.165, 1.54) is 6.42 Å². The Morgan fingerprint density at radius 1 is 1.10 bits per heavy atom. The molecule has 0 unspecified atom stereocenters. The van der Waals surface area contributed by atoms with Crippen LogP contribution in [0.25, 0.3) is 33.1 Å². The summed E-state index contributed by atoms with van der Waals surface area (Å²) in [5, 5.41) is 3.43. The number of halogens is 1. The van der Waals surface area contributed by atoms with Gasteiger partial charge in [-0.15, -0.1) is 0 Å². The van der Waals surface area contributed by atoms with Gasteiger partial charge in [-0.3, -0.25) is 0 Å². The molecule has 1 aliphatic rings. The molecule has 1 aliphatic heterocycles. The molecular formula is C23H22ClN5O. The Morgan fingerprint density at radius 3 is 2.73 bits per heavy atom. The number of hydrogen-bond acceptors (Lipinski definition) is 6. The van der Waals surface area contributed by atoms with Crippen molar-refractivity contribution >= 4 is 39.2 Å². The van der Waals surface area contributed by atoms with E-state index in [9.17, 15) is 0 Å². The topological polar surface area (TPSA) is 77.2 Å². The highest BCUT2D eigenvalue weighted by Gasteiger charge is 2.22. The SMILES string of the molecule is CN1CCC[C@H]1COc1nc(N)c2ccc(-c3cccc4cccc(Cl)c34)nc2n1. The molecule has 0 radical (unpaired) electrons. The summed E-state index contributed by atoms with van der Waals surface area (Å²) in [7, 11) is 2.11. The van der Waals surface area contributed by atoms with Crippen LogP contribution in [0.15, 0.2) is 48.5 Å². The zero-order valence-corrected chi connectivity index (χ0v) is 17.4. The summed E-state index contributed by atoms with van der Waals surface area (Å²) in [6, 6.07) is 16.4. The van der Waals surface area contributed by atoms with Gasteiger partial charge in [0.05, 0.1) is 11.1 Å². The van der Waals surface area contributed by atoms with Gasteiger partial charge < -0.3 is 15.4 Å². The normalized spacial score (nSPS) is 17.1. The molecule has 2 aromatic heterocycles. The second-order valence-electron chi connectivity index (χ2n) is 7.69. The van der Waals surface area contributed by atoms with Crippen LogP contribution in [0.5, 0.6) is 6.01 Å². The second-order valence-corrected chi connectivity index (χ2v) is 8.10. The molecule has 2 aromatic carbocycles. The van der Waals surface area contributed by atoms with Crippen molar-refractivity contribution in [1.29, 1.82) is 0 Å². The number of nitrogen functional groups attached to an aromatic ring is 1. The predicted octanol–water partition coefficient (Wildman–Crippen LogP) is 4.55. The van der Waals surface area contributed by atoms with Crippen LogP contribution in [0.1, 0.15) is 12.8 Å². The summed E-state index contributed by atoms with van der Waals surface area (Å²) in [6.07, 6.45) is 2.30. The smallest absolute Gasteiger partial charge is 0.320 e. The number of likely N-dealkylation sites (N-methyl/N-ethyl adjacent to an activating group) is 1. The summed E-state index contributed by atoms with van der Waals surface area (Å²) in [6.45, 7) is 1.63. The maximum Gasteiger partial charge on any atom is 0.320 e. The predicted molar refractivity (Wildman–Crippen MR) is 121 cm³/mol. The minimum atomic E-state index is 0.265. The lowest BCUT2D eigenvalue weighted by Gasteiger charge is -2.19. The van der Waals surface area contributed by atoms with Gasteiger partial charge in [-0.2, -0.15) is 9.97 Å². The maximum atomic E-state index is 6.50. The Labute approximate surface area is 179 Å². The molecule has 0 aliphatic carbocycles. The molecule has 7 heteroatoms. The molecule has 30 heavy (non-hydrogen) atoms. The lowest BCUT2D eigenvalue weighted by molar-refractivity contribution is 0.188. The zero-order valence-electron chi connectivity index (χ0n) is 16.7. The van der Waals surface area contributed by atoms with E-state index in [1.54, 1.807) is 0 Å². The van der Waals surface area contributed by atoms with E-state index in [4.69, 9.17) is 27.1 Å². The van der Waals surface area contributed by atoms with Crippen molar-refractivity contribution in [3.63, 3.8) is 0 Å². The highest BCUT2D eigenvalue weighted by atomic mass is 35.5. The van der Waals surface area contributed by atoms with Crippen molar-refractivity contribution in [2.45, 2.75) is 18.9 Å². The lowest BCUT2D eigenvalue weighted by Crippen LogP contribution is -2.30. The van der Waals surface area contributed by atoms with Crippen molar-refractivity contribution in [2.75, 3.05) is 25.9 Å². The molecule has 1 fully saturated rings. The van der Waals surface area contributed by atoms with Crippen LogP contribution in [-0.2, 0) is 0 Å². The second kappa shape index (κ2) is 7.70. The van der Waals surface area contributed by atoms with Crippen LogP contribution >= 0.6 is 11.6 Å². The molecule has 1 saturated heterocycles. The molecule has 2 N–H and O–H groups in total. The average Bonchev–Trinajstić information content (AvgIpc) is 3.16. The van der Waals surface area contributed by atoms with Gasteiger partial charge >= 0.3 is 6.01 Å². The molecule has 6 nitrogen and oxygen atoms in total. The molecule has 0 spiro atoms. The van der Waals surface area contributed by atoms with Gasteiger partial charge in [-0.25, -0.2) is 4.98 Å². The van der Waals surface area contributed by atoms with E-state index in [0.717, 1.165) is 35.0 Å². The highest BCUT2D eigenvalue weighted by Crippen LogP contribution is 2.34. The fourth-order valence-corrected chi connectivity index (χ4v) is 4.38. The number of benzene rings is 2. The zero-order chi connectivity index (χ0) is 20.7. The van der Waals surface area contributed by atoms with E-state index in [2.05, 4.69) is 21.9 Å². The van der Waals surface area contributed by atoms with Crippen molar-refractivity contribution in [3.05, 3.63) is 53.6 Å². The summed E-state index contributed by atoms with van der Waals surface area (Å²) < 4.78 is 5.88. The summed E-state index contributed by atoms with van der Waals surface area (Å²) >= 11 is 6.50. The molecule has 5 rings (SSSR count). The van der Waals surface area contributed by atoms with Crippen LogP contribution in [-0.4, -0.2) is 46.1 Å². The number of rotatable bonds is 4. The Bertz CT molecular complexity index is 1240. The van der Waals surface area contributed by atoms with Crippen LogP contribution < -0.4 is 10.5 Å². The minimum absolute atomic E-state index is 0.265. The quantitative estimate of drug-likeness (QED) is 0.522. The largest absolute Gasteiger partial charge is 0.462 e. The van der Waals surface area contributed by atoms with E-state index < -0.39 is 0 Å². The number of hydrogen-bond donors (Lipinski definition) is 1. The molecular weight excluding hydrogens is 398 g/mol. The van der Waals surface area contributed by atoms with E-state index in [-0.39, 0.29) is 6.01 Å². The minimum Gasteiger partial charge on any atom is -0.462 e. The monoisotopic (exact) mass is 419 g/mol. The number of aromatic nitrogens is 3. The van der Waals surface area contributed by atoms with Gasteiger partial charge in [0.2, 0.25) is 0 Å². The number of fused-ring (bicyclic) bond motifs is 2. The van der Waals surface area contributed by atoms with Gasteiger partial charge in [0.25, 0.3) is 0 Å². The summed E-state index contributed by atoms with van der Waals surface area (Å²) in [5.74, 6) is 0.366. The molecule has 0 saturated carbocycles.